The molecule has 0 aliphatic carbocycles. The first kappa shape index (κ1) is 5.31. The van der Waals surface area contributed by atoms with E-state index in [0.29, 0.717) is 0 Å². The molecule has 0 aliphatic heterocycles. The molecule has 3 heteroatoms. The molecule has 18 heavy (non-hydrogen) atoms. The number of benzene rings is 2. The van der Waals surface area contributed by atoms with Gasteiger partial charge in [-0.15, -0.1) is 0 Å². The minimum Gasteiger partial charge on any atom is -0.497 e. The summed E-state index contributed by atoms with van der Waals surface area (Å²) in [7, 11) is -2.95. The van der Waals surface area contributed by atoms with E-state index in [-0.39, 0.29) is 41.3 Å². The van der Waals surface area contributed by atoms with Crippen LogP contribution in [-0.2, 0) is 11.2 Å². The van der Waals surface area contributed by atoms with E-state index in [1.54, 1.807) is 0 Å². The monoisotopic (exact) mass is 252 g/mol. The van der Waals surface area contributed by atoms with E-state index in [1.807, 2.05) is 0 Å². The van der Waals surface area contributed by atoms with Crippen molar-refractivity contribution in [2.24, 2.45) is 0 Å². The van der Waals surface area contributed by atoms with Gasteiger partial charge in [0.05, 0.1) is 19.4 Å². The van der Waals surface area contributed by atoms with Crippen molar-refractivity contribution in [3.8, 4) is 5.75 Å². The van der Waals surface area contributed by atoms with Gasteiger partial charge in [0.25, 0.3) is 0 Å². The molecule has 0 saturated carbocycles. The molecule has 1 amide bonds. The summed E-state index contributed by atoms with van der Waals surface area (Å²) in [6, 6.07) is -3.10. The molecule has 0 spiro atoms. The van der Waals surface area contributed by atoms with Gasteiger partial charge >= 0.3 is 0 Å². The molecule has 2 rings (SSSR count). The van der Waals surface area contributed by atoms with Crippen molar-refractivity contribution >= 4 is 16.7 Å². The molecule has 0 saturated heterocycles. The number of ether oxygens (including phenoxy) is 1. The molecule has 2 aromatic rings. The van der Waals surface area contributed by atoms with Crippen LogP contribution in [0.2, 0.25) is 0 Å². The molecule has 0 fully saturated rings. The van der Waals surface area contributed by atoms with Crippen LogP contribution in [0.1, 0.15) is 24.8 Å². The first-order chi connectivity index (χ1) is 12.4. The van der Waals surface area contributed by atoms with Gasteiger partial charge in [0.15, 0.2) is 0 Å². The van der Waals surface area contributed by atoms with Crippen LogP contribution in [-0.4, -0.2) is 19.5 Å². The topological polar surface area (TPSA) is 38.3 Å². The summed E-state index contributed by atoms with van der Waals surface area (Å²) in [5, 5.41) is 2.24. The van der Waals surface area contributed by atoms with E-state index < -0.39 is 43.0 Å². The van der Waals surface area contributed by atoms with Gasteiger partial charge in [-0.05, 0) is 34.8 Å². The zero-order valence-corrected chi connectivity index (χ0v) is 9.73. The first-order valence-electron chi connectivity index (χ1n) is 9.82. The van der Waals surface area contributed by atoms with E-state index in [4.69, 9.17) is 17.1 Å². The summed E-state index contributed by atoms with van der Waals surface area (Å²) in [4.78, 5) is 11.1. The average Bonchev–Trinajstić information content (AvgIpc) is 2.55. The maximum absolute atomic E-state index is 11.1. The van der Waals surface area contributed by atoms with Gasteiger partial charge in [-0.2, -0.15) is 0 Å². The smallest absolute Gasteiger partial charge is 0.216 e. The van der Waals surface area contributed by atoms with Crippen LogP contribution >= 0.6 is 0 Å². The van der Waals surface area contributed by atoms with Crippen molar-refractivity contribution < 1.29 is 21.9 Å². The number of nitrogens with one attached hydrogen (secondary N) is 1. The maximum Gasteiger partial charge on any atom is 0.216 e. The second-order valence-electron chi connectivity index (χ2n) is 3.64. The zero-order valence-electron chi connectivity index (χ0n) is 18.7. The number of methoxy groups -OCH3 is 1. The minimum atomic E-state index is -2.95. The summed E-state index contributed by atoms with van der Waals surface area (Å²) < 4.78 is 74.8. The Morgan fingerprint density at radius 2 is 2.33 bits per heavy atom. The third-order valence-corrected chi connectivity index (χ3v) is 2.34. The van der Waals surface area contributed by atoms with E-state index >= 15 is 0 Å². The lowest BCUT2D eigenvalue weighted by atomic mass is 10.0. The van der Waals surface area contributed by atoms with Gasteiger partial charge in [0.1, 0.15) is 5.75 Å². The Morgan fingerprint density at radius 1 is 1.44 bits per heavy atom. The number of carbonyl (C=O) groups excluding carboxylic acids is 1. The molecule has 0 bridgehead atoms. The number of amides is 1. The Morgan fingerprint density at radius 3 is 3.11 bits per heavy atom. The minimum absolute atomic E-state index is 0.0247. The second-order valence-corrected chi connectivity index (χ2v) is 3.64. The molecule has 0 radical (unpaired) electrons. The lowest BCUT2D eigenvalue weighted by molar-refractivity contribution is -0.118. The van der Waals surface area contributed by atoms with Crippen LogP contribution in [0, 0.1) is 0 Å². The molecule has 0 aliphatic rings. The Bertz CT molecular complexity index is 925. The third kappa shape index (κ3) is 2.80. The number of hydrogen-bond acceptors (Lipinski definition) is 2. The van der Waals surface area contributed by atoms with E-state index in [1.165, 1.54) is 6.92 Å². The fraction of sp³-hybridized carbons (Fsp3) is 0.267. The third-order valence-electron chi connectivity index (χ3n) is 2.34. The van der Waals surface area contributed by atoms with E-state index in [2.05, 4.69) is 5.32 Å². The van der Waals surface area contributed by atoms with Crippen molar-refractivity contribution in [3.05, 3.63) is 41.8 Å². The van der Waals surface area contributed by atoms with E-state index in [0.717, 1.165) is 0 Å². The number of hydrogen-bond donors (Lipinski definition) is 1. The number of rotatable bonds is 4. The summed E-state index contributed by atoms with van der Waals surface area (Å²) in [5.74, 6) is -0.967. The molecule has 0 unspecified atom stereocenters. The van der Waals surface area contributed by atoms with Crippen molar-refractivity contribution in [2.45, 2.75) is 13.3 Å². The highest BCUT2D eigenvalue weighted by molar-refractivity contribution is 5.87. The molecule has 0 heterocycles. The lowest BCUT2D eigenvalue weighted by Crippen LogP contribution is -2.22. The predicted molar refractivity (Wildman–Crippen MR) is 72.9 cm³/mol. The standard InChI is InChI=1S/C15H17NO2/c1-11(17)16-9-8-13-5-3-4-12-6-7-14(18-2)10-15(12)13/h3-7,10H,8-9H2,1-2H3,(H,16,17)/i2D3,3D,4D,5D,6D,7D,10D. The van der Waals surface area contributed by atoms with Crippen LogP contribution in [0.4, 0.5) is 0 Å². The lowest BCUT2D eigenvalue weighted by Gasteiger charge is -2.08. The predicted octanol–water partition coefficient (Wildman–Crippen LogP) is 2.53. The largest absolute Gasteiger partial charge is 0.497 e. The maximum atomic E-state index is 11.1. The van der Waals surface area contributed by atoms with Gasteiger partial charge < -0.3 is 10.1 Å². The summed E-state index contributed by atoms with van der Waals surface area (Å²) in [6.07, 6.45) is 0.0247. The van der Waals surface area contributed by atoms with E-state index in [9.17, 15) is 4.79 Å². The molecule has 0 atom stereocenters. The van der Waals surface area contributed by atoms with Gasteiger partial charge in [-0.3, -0.25) is 4.79 Å². The summed E-state index contributed by atoms with van der Waals surface area (Å²) in [6.45, 7) is 1.38. The molecule has 94 valence electrons. The molecule has 1 N–H and O–H groups in total. The van der Waals surface area contributed by atoms with Crippen LogP contribution in [0.3, 0.4) is 0 Å². The Hall–Kier alpha value is -2.03. The van der Waals surface area contributed by atoms with Crippen LogP contribution < -0.4 is 10.1 Å². The molecule has 3 nitrogen and oxygen atoms in total. The highest BCUT2D eigenvalue weighted by Gasteiger charge is 2.03. The van der Waals surface area contributed by atoms with Crippen LogP contribution in [0.15, 0.2) is 36.3 Å². The Kier molecular flexibility index (Phi) is 1.63. The average molecular weight is 252 g/mol. The van der Waals surface area contributed by atoms with Crippen molar-refractivity contribution in [1.82, 2.24) is 5.32 Å². The van der Waals surface area contributed by atoms with Gasteiger partial charge in [0, 0.05) is 13.5 Å². The molecular weight excluding hydrogens is 226 g/mol. The summed E-state index contributed by atoms with van der Waals surface area (Å²) in [5.41, 5.74) is 0.105. The SMILES string of the molecule is [2H]c1c([2H])c(CCNC(C)=O)c2c([2H])c(OC([2H])([2H])[2H])c([2H])c([2H])c2c1[2H]. The molecular formula is C15H17NO2. The van der Waals surface area contributed by atoms with Gasteiger partial charge in [-0.1, -0.05) is 24.2 Å². The van der Waals surface area contributed by atoms with Crippen LogP contribution in [0.25, 0.3) is 10.8 Å². The summed E-state index contributed by atoms with van der Waals surface area (Å²) >= 11 is 0. The fourth-order valence-corrected chi connectivity index (χ4v) is 1.54. The van der Waals surface area contributed by atoms with Gasteiger partial charge in [-0.25, -0.2) is 0 Å². The quantitative estimate of drug-likeness (QED) is 0.908. The van der Waals surface area contributed by atoms with Crippen LogP contribution in [0.5, 0.6) is 5.75 Å². The second kappa shape index (κ2) is 5.54. The number of carbonyl (C=O) groups is 1. The normalized spacial score (nSPS) is 18.2. The fourth-order valence-electron chi connectivity index (χ4n) is 1.54. The Balaban J connectivity index is 2.85. The highest BCUT2D eigenvalue weighted by atomic mass is 16.5. The van der Waals surface area contributed by atoms with Gasteiger partial charge in [0.2, 0.25) is 5.91 Å². The number of fused-ring (bicyclic) bond motifs is 1. The highest BCUT2D eigenvalue weighted by Crippen LogP contribution is 2.24. The first-order valence-corrected chi connectivity index (χ1v) is 5.32. The Labute approximate surface area is 119 Å². The molecule has 0 aromatic heterocycles. The van der Waals surface area contributed by atoms with Crippen molar-refractivity contribution in [1.29, 1.82) is 0 Å². The zero-order chi connectivity index (χ0) is 20.7. The molecule has 2 aromatic carbocycles. The van der Waals surface area contributed by atoms with Crippen molar-refractivity contribution in [3.63, 3.8) is 0 Å². The van der Waals surface area contributed by atoms with Crippen molar-refractivity contribution in [2.75, 3.05) is 13.6 Å².